The van der Waals surface area contributed by atoms with Gasteiger partial charge in [0.2, 0.25) is 0 Å². The van der Waals surface area contributed by atoms with Crippen LogP contribution in [-0.4, -0.2) is 40.4 Å². The lowest BCUT2D eigenvalue weighted by Gasteiger charge is -2.18. The van der Waals surface area contributed by atoms with Crippen molar-refractivity contribution >= 4 is 23.6 Å². The normalized spacial score (nSPS) is 13.8. The van der Waals surface area contributed by atoms with Gasteiger partial charge in [0.15, 0.2) is 0 Å². The minimum atomic E-state index is -0.701. The molecule has 0 unspecified atom stereocenters. The first-order valence-corrected chi connectivity index (χ1v) is 7.57. The highest BCUT2D eigenvalue weighted by Gasteiger charge is 2.39. The third-order valence-corrected chi connectivity index (χ3v) is 3.50. The Morgan fingerprint density at radius 1 is 1.16 bits per heavy atom. The van der Waals surface area contributed by atoms with Crippen molar-refractivity contribution in [2.75, 3.05) is 12.0 Å². The van der Waals surface area contributed by atoms with Gasteiger partial charge in [-0.3, -0.25) is 9.59 Å². The molecule has 0 fully saturated rings. The lowest BCUT2D eigenvalue weighted by atomic mass is 10.1. The fourth-order valence-corrected chi connectivity index (χ4v) is 2.50. The van der Waals surface area contributed by atoms with Crippen LogP contribution in [0.25, 0.3) is 0 Å². The highest BCUT2D eigenvalue weighted by molar-refractivity contribution is 6.35. The van der Waals surface area contributed by atoms with Gasteiger partial charge in [-0.05, 0) is 32.9 Å². The monoisotopic (exact) mass is 343 g/mol. The Hall–Kier alpha value is -3.16. The number of imide groups is 1. The Kier molecular flexibility index (Phi) is 3.82. The zero-order valence-electron chi connectivity index (χ0n) is 14.3. The molecule has 1 aliphatic heterocycles. The largest absolute Gasteiger partial charge is 0.496 e. The van der Waals surface area contributed by atoms with E-state index in [9.17, 15) is 14.4 Å². The van der Waals surface area contributed by atoms with Gasteiger partial charge >= 0.3 is 6.09 Å². The molecule has 8 nitrogen and oxygen atoms in total. The van der Waals surface area contributed by atoms with Crippen molar-refractivity contribution in [3.8, 4) is 5.75 Å². The number of hydrogen-bond acceptors (Lipinski definition) is 6. The van der Waals surface area contributed by atoms with E-state index in [4.69, 9.17) is 9.47 Å². The van der Waals surface area contributed by atoms with Crippen LogP contribution in [0.5, 0.6) is 5.75 Å². The number of fused-ring (bicyclic) bond motifs is 1. The first kappa shape index (κ1) is 16.7. The molecule has 8 heteroatoms. The van der Waals surface area contributed by atoms with Gasteiger partial charge in [-0.15, -0.1) is 0 Å². The molecule has 1 aliphatic rings. The van der Waals surface area contributed by atoms with Gasteiger partial charge in [0.25, 0.3) is 11.8 Å². The summed E-state index contributed by atoms with van der Waals surface area (Å²) in [5.74, 6) is -0.707. The molecule has 0 spiro atoms. The lowest BCUT2D eigenvalue weighted by molar-refractivity contribution is 0.0514. The Labute approximate surface area is 143 Å². The molecule has 1 aromatic heterocycles. The zero-order valence-corrected chi connectivity index (χ0v) is 14.3. The van der Waals surface area contributed by atoms with Crippen LogP contribution < -0.4 is 9.64 Å². The zero-order chi connectivity index (χ0) is 18.4. The third-order valence-electron chi connectivity index (χ3n) is 3.50. The van der Waals surface area contributed by atoms with E-state index < -0.39 is 23.5 Å². The number of rotatable bonds is 2. The number of methoxy groups -OCH3 is 1. The number of anilines is 1. The minimum absolute atomic E-state index is 0.180. The van der Waals surface area contributed by atoms with Crippen LogP contribution in [0.4, 0.5) is 10.5 Å². The molecule has 3 rings (SSSR count). The summed E-state index contributed by atoms with van der Waals surface area (Å²) in [6.45, 7) is 5.18. The fraction of sp³-hybridized carbons (Fsp3) is 0.294. The molecule has 1 aromatic carbocycles. The molecule has 0 aliphatic carbocycles. The van der Waals surface area contributed by atoms with Crippen LogP contribution in [0.3, 0.4) is 0 Å². The number of carbonyl (C=O) groups excluding carboxylic acids is 3. The molecule has 2 amide bonds. The Morgan fingerprint density at radius 3 is 2.52 bits per heavy atom. The van der Waals surface area contributed by atoms with Crippen molar-refractivity contribution in [1.82, 2.24) is 9.78 Å². The van der Waals surface area contributed by atoms with Gasteiger partial charge < -0.3 is 9.47 Å². The summed E-state index contributed by atoms with van der Waals surface area (Å²) in [6, 6.07) is 4.80. The van der Waals surface area contributed by atoms with Gasteiger partial charge in [0, 0.05) is 0 Å². The maximum absolute atomic E-state index is 12.7. The number of nitrogens with zero attached hydrogens (tertiary/aromatic N) is 3. The second-order valence-electron chi connectivity index (χ2n) is 6.45. The van der Waals surface area contributed by atoms with Crippen molar-refractivity contribution in [3.05, 3.63) is 41.7 Å². The van der Waals surface area contributed by atoms with Gasteiger partial charge in [0.05, 0.1) is 36.3 Å². The Balaban J connectivity index is 1.93. The van der Waals surface area contributed by atoms with Crippen molar-refractivity contribution < 1.29 is 23.9 Å². The van der Waals surface area contributed by atoms with Crippen LogP contribution in [0.1, 0.15) is 41.5 Å². The molecule has 2 aromatic rings. The molecular weight excluding hydrogens is 326 g/mol. The van der Waals surface area contributed by atoms with E-state index in [2.05, 4.69) is 5.10 Å². The fourth-order valence-electron chi connectivity index (χ4n) is 2.50. The molecule has 0 radical (unpaired) electrons. The van der Waals surface area contributed by atoms with Crippen LogP contribution >= 0.6 is 0 Å². The highest BCUT2D eigenvalue weighted by Crippen LogP contribution is 2.33. The van der Waals surface area contributed by atoms with Crippen LogP contribution in [-0.2, 0) is 4.74 Å². The molecule has 0 saturated carbocycles. The third kappa shape index (κ3) is 2.86. The van der Waals surface area contributed by atoms with E-state index in [0.29, 0.717) is 5.75 Å². The van der Waals surface area contributed by atoms with E-state index in [-0.39, 0.29) is 16.8 Å². The van der Waals surface area contributed by atoms with E-state index in [1.807, 2.05) is 0 Å². The first-order chi connectivity index (χ1) is 11.7. The number of aromatic nitrogens is 2. The molecule has 25 heavy (non-hydrogen) atoms. The number of carbonyl (C=O) groups is 3. The van der Waals surface area contributed by atoms with Gasteiger partial charge in [-0.25, -0.2) is 9.69 Å². The second-order valence-corrected chi connectivity index (χ2v) is 6.45. The summed E-state index contributed by atoms with van der Waals surface area (Å²) in [6.07, 6.45) is 1.84. The number of hydrogen-bond donors (Lipinski definition) is 0. The number of ether oxygens (including phenoxy) is 2. The van der Waals surface area contributed by atoms with Gasteiger partial charge in [-0.1, -0.05) is 6.07 Å². The predicted octanol–water partition coefficient (Wildman–Crippen LogP) is 2.48. The molecular formula is C17H17N3O5. The van der Waals surface area contributed by atoms with E-state index >= 15 is 0 Å². The van der Waals surface area contributed by atoms with Crippen molar-refractivity contribution in [2.24, 2.45) is 0 Å². The predicted molar refractivity (Wildman–Crippen MR) is 88.0 cm³/mol. The maximum Gasteiger partial charge on any atom is 0.435 e. The van der Waals surface area contributed by atoms with Gasteiger partial charge in [-0.2, -0.15) is 9.78 Å². The first-order valence-electron chi connectivity index (χ1n) is 7.57. The average molecular weight is 343 g/mol. The van der Waals surface area contributed by atoms with Crippen molar-refractivity contribution in [3.63, 3.8) is 0 Å². The molecule has 0 bridgehead atoms. The summed E-state index contributed by atoms with van der Waals surface area (Å²) < 4.78 is 11.3. The summed E-state index contributed by atoms with van der Waals surface area (Å²) in [7, 11) is 1.43. The average Bonchev–Trinajstić information content (AvgIpc) is 3.10. The molecule has 0 atom stereocenters. The maximum atomic E-state index is 12.7. The van der Waals surface area contributed by atoms with E-state index in [1.54, 1.807) is 39.0 Å². The van der Waals surface area contributed by atoms with E-state index in [0.717, 1.165) is 9.58 Å². The SMILES string of the molecule is COc1cccc2c1C(=O)N(c1cnn(C(=O)OC(C)(C)C)c1)C2=O. The van der Waals surface area contributed by atoms with Crippen LogP contribution in [0.2, 0.25) is 0 Å². The molecule has 2 heterocycles. The van der Waals surface area contributed by atoms with Crippen LogP contribution in [0.15, 0.2) is 30.6 Å². The Morgan fingerprint density at radius 2 is 1.88 bits per heavy atom. The summed E-state index contributed by atoms with van der Waals surface area (Å²) in [5.41, 5.74) is -0.0694. The summed E-state index contributed by atoms with van der Waals surface area (Å²) in [4.78, 5) is 38.2. The number of benzene rings is 1. The van der Waals surface area contributed by atoms with Gasteiger partial charge in [0.1, 0.15) is 11.4 Å². The second kappa shape index (κ2) is 5.73. The number of amides is 2. The van der Waals surface area contributed by atoms with Crippen molar-refractivity contribution in [2.45, 2.75) is 26.4 Å². The quantitative estimate of drug-likeness (QED) is 0.778. The molecule has 0 N–H and O–H groups in total. The smallest absolute Gasteiger partial charge is 0.435 e. The van der Waals surface area contributed by atoms with E-state index in [1.165, 1.54) is 19.5 Å². The van der Waals surface area contributed by atoms with Crippen LogP contribution in [0, 0.1) is 0 Å². The summed E-state index contributed by atoms with van der Waals surface area (Å²) >= 11 is 0. The highest BCUT2D eigenvalue weighted by atomic mass is 16.6. The standard InChI is InChI=1S/C17H17N3O5/c1-17(2,3)25-16(23)19-9-10(8-18-19)20-14(21)11-6-5-7-12(24-4)13(11)15(20)22/h5-9H,1-4H3. The summed E-state index contributed by atoms with van der Waals surface area (Å²) in [5, 5.41) is 3.88. The lowest BCUT2D eigenvalue weighted by Crippen LogP contribution is -2.29. The Bertz CT molecular complexity index is 879. The molecule has 130 valence electrons. The molecule has 0 saturated heterocycles. The minimum Gasteiger partial charge on any atom is -0.496 e. The van der Waals surface area contributed by atoms with Crippen molar-refractivity contribution in [1.29, 1.82) is 0 Å². The topological polar surface area (TPSA) is 90.7 Å².